The van der Waals surface area contributed by atoms with E-state index in [2.05, 4.69) is 46.2 Å². The van der Waals surface area contributed by atoms with E-state index in [9.17, 15) is 9.59 Å². The number of aryl methyl sites for hydroxylation is 1. The zero-order chi connectivity index (χ0) is 24.5. The average Bonchev–Trinajstić information content (AvgIpc) is 3.31. The SMILES string of the molecule is CCOC(=O)C1CCN(C(c2cc3ccc(C)cc3[nH]c2=O)c2nnnn2C(C)(C)CC)CC1. The monoisotopic (exact) mass is 466 g/mol. The molecule has 0 spiro atoms. The zero-order valence-corrected chi connectivity index (χ0v) is 20.7. The number of carbonyl (C=O) groups excluding carboxylic acids is 1. The fourth-order valence-corrected chi connectivity index (χ4v) is 4.63. The third-order valence-electron chi connectivity index (χ3n) is 7.02. The Bertz CT molecular complexity index is 1220. The molecule has 1 N–H and O–H groups in total. The fraction of sp³-hybridized carbons (Fsp3) is 0.560. The molecule has 0 aliphatic carbocycles. The standard InChI is InChI=1S/C25H34N6O3/c1-6-25(4,5)31-22(27-28-29-31)21(30-12-10-17(11-13-30)24(33)34-7-2)19-15-18-9-8-16(3)14-20(18)26-23(19)32/h8-9,14-15,17,21H,6-7,10-13H2,1-5H3,(H,26,32). The number of likely N-dealkylation sites (tertiary alicyclic amines) is 1. The first-order chi connectivity index (χ1) is 16.2. The number of hydrogen-bond acceptors (Lipinski definition) is 7. The lowest BCUT2D eigenvalue weighted by Gasteiger charge is -2.37. The van der Waals surface area contributed by atoms with E-state index in [-0.39, 0.29) is 23.0 Å². The summed E-state index contributed by atoms with van der Waals surface area (Å²) < 4.78 is 7.08. The highest BCUT2D eigenvalue weighted by atomic mass is 16.5. The third kappa shape index (κ3) is 4.61. The Labute approximate surface area is 199 Å². The van der Waals surface area contributed by atoms with Crippen LogP contribution in [0.1, 0.15) is 70.0 Å². The first kappa shape index (κ1) is 24.1. The van der Waals surface area contributed by atoms with Gasteiger partial charge in [-0.25, -0.2) is 4.68 Å². The van der Waals surface area contributed by atoms with Crippen molar-refractivity contribution in [2.75, 3.05) is 19.7 Å². The van der Waals surface area contributed by atoms with Gasteiger partial charge in [0.1, 0.15) is 6.04 Å². The van der Waals surface area contributed by atoms with E-state index in [1.807, 2.05) is 42.8 Å². The number of nitrogens with one attached hydrogen (secondary N) is 1. The second kappa shape index (κ2) is 9.66. The summed E-state index contributed by atoms with van der Waals surface area (Å²) >= 11 is 0. The average molecular weight is 467 g/mol. The Kier molecular flexibility index (Phi) is 6.84. The molecule has 1 unspecified atom stereocenters. The van der Waals surface area contributed by atoms with E-state index < -0.39 is 6.04 Å². The van der Waals surface area contributed by atoms with Crippen LogP contribution < -0.4 is 5.56 Å². The largest absolute Gasteiger partial charge is 0.466 e. The number of H-pyrrole nitrogens is 1. The highest BCUT2D eigenvalue weighted by Crippen LogP contribution is 2.33. The van der Waals surface area contributed by atoms with Gasteiger partial charge in [-0.3, -0.25) is 14.5 Å². The minimum Gasteiger partial charge on any atom is -0.466 e. The van der Waals surface area contributed by atoms with Gasteiger partial charge in [0.05, 0.1) is 18.1 Å². The minimum absolute atomic E-state index is 0.127. The lowest BCUT2D eigenvalue weighted by molar-refractivity contribution is -0.149. The Balaban J connectivity index is 1.78. The van der Waals surface area contributed by atoms with E-state index in [4.69, 9.17) is 4.74 Å². The molecular weight excluding hydrogens is 432 g/mol. The number of hydrogen-bond donors (Lipinski definition) is 1. The molecule has 0 amide bonds. The molecule has 1 aliphatic heterocycles. The summed E-state index contributed by atoms with van der Waals surface area (Å²) in [4.78, 5) is 31.0. The van der Waals surface area contributed by atoms with E-state index in [0.29, 0.717) is 43.9 Å². The fourth-order valence-electron chi connectivity index (χ4n) is 4.63. The van der Waals surface area contributed by atoms with Gasteiger partial charge in [0.15, 0.2) is 5.82 Å². The van der Waals surface area contributed by atoms with Crippen molar-refractivity contribution in [2.24, 2.45) is 5.92 Å². The van der Waals surface area contributed by atoms with Crippen LogP contribution in [0.4, 0.5) is 0 Å². The molecule has 1 saturated heterocycles. The molecule has 182 valence electrons. The van der Waals surface area contributed by atoms with Gasteiger partial charge in [-0.2, -0.15) is 0 Å². The minimum atomic E-state index is -0.432. The third-order valence-corrected chi connectivity index (χ3v) is 7.02. The Morgan fingerprint density at radius 1 is 1.24 bits per heavy atom. The molecule has 1 aliphatic rings. The second-order valence-corrected chi connectivity index (χ2v) is 9.72. The van der Waals surface area contributed by atoms with Crippen LogP contribution in [0.25, 0.3) is 10.9 Å². The summed E-state index contributed by atoms with van der Waals surface area (Å²) in [6.07, 6.45) is 2.16. The molecule has 3 aromatic rings. The van der Waals surface area contributed by atoms with E-state index in [1.165, 1.54) is 0 Å². The van der Waals surface area contributed by atoms with Crippen LogP contribution in [0, 0.1) is 12.8 Å². The molecular formula is C25H34N6O3. The summed E-state index contributed by atoms with van der Waals surface area (Å²) in [5.41, 5.74) is 2.03. The summed E-state index contributed by atoms with van der Waals surface area (Å²) in [6.45, 7) is 11.8. The van der Waals surface area contributed by atoms with Crippen LogP contribution in [0.2, 0.25) is 0 Å². The normalized spacial score (nSPS) is 16.6. The van der Waals surface area contributed by atoms with Gasteiger partial charge in [0.2, 0.25) is 0 Å². The molecule has 4 rings (SSSR count). The molecule has 3 heterocycles. The number of tetrazole rings is 1. The van der Waals surface area contributed by atoms with Crippen molar-refractivity contribution in [3.8, 4) is 0 Å². The van der Waals surface area contributed by atoms with Gasteiger partial charge in [-0.05, 0) is 80.5 Å². The molecule has 1 atom stereocenters. The van der Waals surface area contributed by atoms with Gasteiger partial charge < -0.3 is 9.72 Å². The van der Waals surface area contributed by atoms with Crippen molar-refractivity contribution in [3.63, 3.8) is 0 Å². The Hall–Kier alpha value is -3.07. The van der Waals surface area contributed by atoms with Crippen LogP contribution in [0.15, 0.2) is 29.1 Å². The highest BCUT2D eigenvalue weighted by Gasteiger charge is 2.37. The highest BCUT2D eigenvalue weighted by molar-refractivity contribution is 5.79. The summed E-state index contributed by atoms with van der Waals surface area (Å²) in [7, 11) is 0. The summed E-state index contributed by atoms with van der Waals surface area (Å²) in [6, 6.07) is 7.55. The molecule has 34 heavy (non-hydrogen) atoms. The van der Waals surface area contributed by atoms with Crippen LogP contribution in [-0.4, -0.2) is 55.8 Å². The summed E-state index contributed by atoms with van der Waals surface area (Å²) in [5.74, 6) is 0.366. The quantitative estimate of drug-likeness (QED) is 0.532. The van der Waals surface area contributed by atoms with E-state index in [1.54, 1.807) is 0 Å². The number of piperidine rings is 1. The van der Waals surface area contributed by atoms with E-state index in [0.717, 1.165) is 22.9 Å². The number of benzene rings is 1. The molecule has 0 bridgehead atoms. The lowest BCUT2D eigenvalue weighted by Crippen LogP contribution is -2.43. The number of carbonyl (C=O) groups is 1. The van der Waals surface area contributed by atoms with Crippen molar-refractivity contribution in [1.29, 1.82) is 0 Å². The predicted molar refractivity (Wildman–Crippen MR) is 130 cm³/mol. The Morgan fingerprint density at radius 2 is 1.97 bits per heavy atom. The molecule has 0 saturated carbocycles. The van der Waals surface area contributed by atoms with E-state index >= 15 is 0 Å². The molecule has 9 nitrogen and oxygen atoms in total. The molecule has 1 aromatic carbocycles. The van der Waals surface area contributed by atoms with Crippen molar-refractivity contribution >= 4 is 16.9 Å². The van der Waals surface area contributed by atoms with Gasteiger partial charge in [-0.15, -0.1) is 5.10 Å². The lowest BCUT2D eigenvalue weighted by atomic mass is 9.93. The number of aromatic amines is 1. The smallest absolute Gasteiger partial charge is 0.309 e. The molecule has 9 heteroatoms. The predicted octanol–water partition coefficient (Wildman–Crippen LogP) is 3.33. The Morgan fingerprint density at radius 3 is 2.65 bits per heavy atom. The number of pyridine rings is 1. The maximum absolute atomic E-state index is 13.4. The first-order valence-electron chi connectivity index (χ1n) is 12.1. The topological polar surface area (TPSA) is 106 Å². The summed E-state index contributed by atoms with van der Waals surface area (Å²) in [5, 5.41) is 13.7. The molecule has 0 radical (unpaired) electrons. The maximum Gasteiger partial charge on any atom is 0.309 e. The van der Waals surface area contributed by atoms with Gasteiger partial charge in [0, 0.05) is 24.2 Å². The zero-order valence-electron chi connectivity index (χ0n) is 20.7. The van der Waals surface area contributed by atoms with Crippen LogP contribution in [0.3, 0.4) is 0 Å². The first-order valence-corrected chi connectivity index (χ1v) is 12.1. The number of fused-ring (bicyclic) bond motifs is 1. The number of rotatable bonds is 7. The van der Waals surface area contributed by atoms with Crippen molar-refractivity contribution in [1.82, 2.24) is 30.1 Å². The molecule has 1 fully saturated rings. The van der Waals surface area contributed by atoms with Crippen LogP contribution in [0.5, 0.6) is 0 Å². The van der Waals surface area contributed by atoms with Gasteiger partial charge in [-0.1, -0.05) is 19.1 Å². The number of ether oxygens (including phenoxy) is 1. The van der Waals surface area contributed by atoms with Gasteiger partial charge >= 0.3 is 5.97 Å². The van der Waals surface area contributed by atoms with Crippen LogP contribution in [-0.2, 0) is 15.1 Å². The van der Waals surface area contributed by atoms with Gasteiger partial charge in [0.25, 0.3) is 5.56 Å². The second-order valence-electron chi connectivity index (χ2n) is 9.72. The number of aromatic nitrogens is 5. The number of esters is 1. The van der Waals surface area contributed by atoms with Crippen molar-refractivity contribution in [2.45, 2.75) is 65.5 Å². The number of nitrogens with zero attached hydrogens (tertiary/aromatic N) is 5. The van der Waals surface area contributed by atoms with Crippen LogP contribution >= 0.6 is 0 Å². The molecule has 2 aromatic heterocycles. The van der Waals surface area contributed by atoms with Crippen molar-refractivity contribution < 1.29 is 9.53 Å². The maximum atomic E-state index is 13.4. The van der Waals surface area contributed by atoms with Crippen molar-refractivity contribution in [3.05, 3.63) is 51.6 Å².